The molecule has 0 heterocycles. The Morgan fingerprint density at radius 2 is 1.91 bits per heavy atom. The Morgan fingerprint density at radius 1 is 1.27 bits per heavy atom. The molecule has 1 aliphatic carbocycles. The van der Waals surface area contributed by atoms with Crippen molar-refractivity contribution in [2.75, 3.05) is 0 Å². The number of aryl methyl sites for hydroxylation is 1. The van der Waals surface area contributed by atoms with Gasteiger partial charge < -0.3 is 0 Å². The molecule has 1 unspecified atom stereocenters. The zero-order valence-corrected chi connectivity index (χ0v) is 14.1. The third-order valence-electron chi connectivity index (χ3n) is 3.93. The minimum Gasteiger partial charge on any atom is -0.200 e. The third kappa shape index (κ3) is 3.85. The van der Waals surface area contributed by atoms with Crippen LogP contribution in [0.3, 0.4) is 0 Å². The summed E-state index contributed by atoms with van der Waals surface area (Å²) in [5, 5.41) is 4.14. The second kappa shape index (κ2) is 6.48. The van der Waals surface area contributed by atoms with Gasteiger partial charge in [-0.05, 0) is 57.2 Å². The molecule has 0 saturated carbocycles. The second-order valence-electron chi connectivity index (χ2n) is 5.84. The van der Waals surface area contributed by atoms with Gasteiger partial charge in [-0.25, -0.2) is 0 Å². The molecule has 0 aromatic heterocycles. The topological polar surface area (TPSA) is 58.5 Å². The first-order valence-corrected chi connectivity index (χ1v) is 8.75. The van der Waals surface area contributed by atoms with Crippen LogP contribution in [0.1, 0.15) is 32.3 Å². The zero-order valence-electron chi connectivity index (χ0n) is 13.3. The van der Waals surface area contributed by atoms with E-state index in [-0.39, 0.29) is 4.90 Å². The van der Waals surface area contributed by atoms with Crippen molar-refractivity contribution >= 4 is 15.7 Å². The lowest BCUT2D eigenvalue weighted by atomic mass is 9.85. The summed E-state index contributed by atoms with van der Waals surface area (Å²) in [6.07, 6.45) is 3.74. The molecule has 0 amide bonds. The first kappa shape index (κ1) is 16.5. The van der Waals surface area contributed by atoms with Gasteiger partial charge in [-0.15, -0.1) is 0 Å². The number of hydrogen-bond acceptors (Lipinski definition) is 3. The molecule has 4 nitrogen and oxygen atoms in total. The fraction of sp³-hybridized carbons (Fsp3) is 0.353. The number of benzene rings is 1. The summed E-state index contributed by atoms with van der Waals surface area (Å²) in [7, 11) is -3.62. The van der Waals surface area contributed by atoms with Gasteiger partial charge >= 0.3 is 0 Å². The van der Waals surface area contributed by atoms with Gasteiger partial charge in [-0.3, -0.25) is 0 Å². The number of allylic oxidation sites excluding steroid dienone is 3. The summed E-state index contributed by atoms with van der Waals surface area (Å²) in [6, 6.07) is 6.70. The van der Waals surface area contributed by atoms with Crippen molar-refractivity contribution in [2.24, 2.45) is 11.0 Å². The van der Waals surface area contributed by atoms with E-state index in [4.69, 9.17) is 0 Å². The lowest BCUT2D eigenvalue weighted by molar-refractivity contribution is 0.583. The number of hydrazone groups is 1. The molecule has 1 aliphatic rings. The van der Waals surface area contributed by atoms with Crippen molar-refractivity contribution in [2.45, 2.75) is 38.5 Å². The summed E-state index contributed by atoms with van der Waals surface area (Å²) in [6.45, 7) is 9.84. The number of hydrogen-bond donors (Lipinski definition) is 1. The van der Waals surface area contributed by atoms with E-state index in [0.717, 1.165) is 28.8 Å². The molecule has 1 atom stereocenters. The van der Waals surface area contributed by atoms with Gasteiger partial charge in [0.25, 0.3) is 10.0 Å². The van der Waals surface area contributed by atoms with E-state index in [1.165, 1.54) is 0 Å². The number of sulfonamides is 1. The van der Waals surface area contributed by atoms with Crippen LogP contribution in [-0.4, -0.2) is 14.1 Å². The van der Waals surface area contributed by atoms with Gasteiger partial charge in [0.15, 0.2) is 0 Å². The molecule has 0 aliphatic heterocycles. The SMILES string of the molecule is C=C(C)C1CC=C(C)C(=NNS(=O)(=O)c2ccc(C)cc2)C1. The molecule has 5 heteroatoms. The molecule has 0 fully saturated rings. The number of nitrogens with one attached hydrogen (secondary N) is 1. The highest BCUT2D eigenvalue weighted by atomic mass is 32.2. The molecule has 1 aromatic rings. The Balaban J connectivity index is 2.19. The Bertz CT molecular complexity index is 728. The molecule has 0 bridgehead atoms. The van der Waals surface area contributed by atoms with E-state index in [1.807, 2.05) is 20.8 Å². The Labute approximate surface area is 132 Å². The maximum absolute atomic E-state index is 12.3. The van der Waals surface area contributed by atoms with Crippen LogP contribution in [0.15, 0.2) is 58.1 Å². The smallest absolute Gasteiger partial charge is 0.200 e. The van der Waals surface area contributed by atoms with Crippen LogP contribution in [0, 0.1) is 12.8 Å². The van der Waals surface area contributed by atoms with Crippen molar-refractivity contribution < 1.29 is 8.42 Å². The summed E-state index contributed by atoms with van der Waals surface area (Å²) in [5.41, 5.74) is 3.90. The van der Waals surface area contributed by atoms with E-state index < -0.39 is 10.0 Å². The quantitative estimate of drug-likeness (QED) is 0.681. The van der Waals surface area contributed by atoms with Gasteiger partial charge in [-0.2, -0.15) is 18.4 Å². The van der Waals surface area contributed by atoms with E-state index in [2.05, 4.69) is 22.6 Å². The molecule has 1 aromatic carbocycles. The van der Waals surface area contributed by atoms with Crippen LogP contribution in [0.4, 0.5) is 0 Å². The highest BCUT2D eigenvalue weighted by Gasteiger charge is 2.20. The monoisotopic (exact) mass is 318 g/mol. The Morgan fingerprint density at radius 3 is 2.50 bits per heavy atom. The third-order valence-corrected chi connectivity index (χ3v) is 5.16. The highest BCUT2D eigenvalue weighted by molar-refractivity contribution is 7.89. The van der Waals surface area contributed by atoms with Crippen LogP contribution >= 0.6 is 0 Å². The van der Waals surface area contributed by atoms with Crippen molar-refractivity contribution in [3.8, 4) is 0 Å². The summed E-state index contributed by atoms with van der Waals surface area (Å²) >= 11 is 0. The highest BCUT2D eigenvalue weighted by Crippen LogP contribution is 2.26. The van der Waals surface area contributed by atoms with Crippen molar-refractivity contribution in [1.29, 1.82) is 0 Å². The fourth-order valence-corrected chi connectivity index (χ4v) is 3.14. The van der Waals surface area contributed by atoms with Crippen LogP contribution < -0.4 is 4.83 Å². The number of rotatable bonds is 4. The first-order valence-electron chi connectivity index (χ1n) is 7.27. The first-order chi connectivity index (χ1) is 10.3. The molecule has 118 valence electrons. The van der Waals surface area contributed by atoms with E-state index in [9.17, 15) is 8.42 Å². The molecular formula is C17H22N2O2S. The molecule has 0 saturated heterocycles. The van der Waals surface area contributed by atoms with Crippen molar-refractivity contribution in [3.05, 3.63) is 53.6 Å². The van der Waals surface area contributed by atoms with Gasteiger partial charge in [-0.1, -0.05) is 35.9 Å². The molecule has 22 heavy (non-hydrogen) atoms. The maximum atomic E-state index is 12.3. The van der Waals surface area contributed by atoms with E-state index in [0.29, 0.717) is 12.3 Å². The average molecular weight is 318 g/mol. The average Bonchev–Trinajstić information content (AvgIpc) is 2.46. The van der Waals surface area contributed by atoms with Crippen molar-refractivity contribution in [3.63, 3.8) is 0 Å². The van der Waals surface area contributed by atoms with Crippen LogP contribution in [0.2, 0.25) is 0 Å². The predicted molar refractivity (Wildman–Crippen MR) is 90.2 cm³/mol. The molecular weight excluding hydrogens is 296 g/mol. The van der Waals surface area contributed by atoms with E-state index in [1.54, 1.807) is 24.3 Å². The Kier molecular flexibility index (Phi) is 4.86. The largest absolute Gasteiger partial charge is 0.276 e. The summed E-state index contributed by atoms with van der Waals surface area (Å²) in [4.78, 5) is 2.56. The van der Waals surface area contributed by atoms with Gasteiger partial charge in [0.1, 0.15) is 0 Å². The predicted octanol–water partition coefficient (Wildman–Crippen LogP) is 3.56. The van der Waals surface area contributed by atoms with Gasteiger partial charge in [0.05, 0.1) is 10.6 Å². The lowest BCUT2D eigenvalue weighted by Crippen LogP contribution is -2.23. The molecule has 0 radical (unpaired) electrons. The van der Waals surface area contributed by atoms with Crippen molar-refractivity contribution in [1.82, 2.24) is 4.83 Å². The fourth-order valence-electron chi connectivity index (χ4n) is 2.31. The summed E-state index contributed by atoms with van der Waals surface area (Å²) in [5.74, 6) is 0.325. The molecule has 2 rings (SSSR count). The maximum Gasteiger partial charge on any atom is 0.276 e. The van der Waals surface area contributed by atoms with Crippen LogP contribution in [-0.2, 0) is 10.0 Å². The molecule has 0 spiro atoms. The van der Waals surface area contributed by atoms with Gasteiger partial charge in [0, 0.05) is 0 Å². The Hall–Kier alpha value is -1.88. The van der Waals surface area contributed by atoms with Crippen LogP contribution in [0.5, 0.6) is 0 Å². The van der Waals surface area contributed by atoms with E-state index >= 15 is 0 Å². The van der Waals surface area contributed by atoms with Gasteiger partial charge in [0.2, 0.25) is 0 Å². The summed E-state index contributed by atoms with van der Waals surface area (Å²) < 4.78 is 24.5. The zero-order chi connectivity index (χ0) is 16.3. The normalized spacial score (nSPS) is 20.6. The standard InChI is InChI=1S/C17H22N2O2S/c1-12(2)15-8-7-14(4)17(11-15)18-19-22(20,21)16-9-5-13(3)6-10-16/h5-7,9-10,15,19H,1,8,11H2,2-4H3. The minimum absolute atomic E-state index is 0.219. The number of nitrogens with zero attached hydrogens (tertiary/aromatic N) is 1. The van der Waals surface area contributed by atoms with Crippen LogP contribution in [0.25, 0.3) is 0 Å². The lowest BCUT2D eigenvalue weighted by Gasteiger charge is -2.22. The molecule has 1 N–H and O–H groups in total. The minimum atomic E-state index is -3.62. The second-order valence-corrected chi connectivity index (χ2v) is 7.50.